The Morgan fingerprint density at radius 3 is 2.96 bits per heavy atom. The zero-order valence-electron chi connectivity index (χ0n) is 14.9. The van der Waals surface area contributed by atoms with Crippen LogP contribution in [0.15, 0.2) is 17.1 Å². The minimum atomic E-state index is -0.579. The van der Waals surface area contributed by atoms with Gasteiger partial charge in [0.05, 0.1) is 18.8 Å². The molecule has 1 aliphatic heterocycles. The van der Waals surface area contributed by atoms with Crippen molar-refractivity contribution >= 4 is 17.0 Å². The van der Waals surface area contributed by atoms with Crippen molar-refractivity contribution in [3.8, 4) is 0 Å². The van der Waals surface area contributed by atoms with Crippen molar-refractivity contribution in [1.29, 1.82) is 0 Å². The third-order valence-corrected chi connectivity index (χ3v) is 6.28. The summed E-state index contributed by atoms with van der Waals surface area (Å²) in [7, 11) is 0. The van der Waals surface area contributed by atoms with Crippen LogP contribution in [0, 0.1) is 18.8 Å². The molecule has 2 aliphatic carbocycles. The van der Waals surface area contributed by atoms with Crippen molar-refractivity contribution in [2.45, 2.75) is 50.8 Å². The van der Waals surface area contributed by atoms with E-state index in [0.717, 1.165) is 23.3 Å². The average Bonchev–Trinajstić information content (AvgIpc) is 3.29. The maximum absolute atomic E-state index is 12.8. The van der Waals surface area contributed by atoms with Crippen LogP contribution in [-0.2, 0) is 4.74 Å². The molecule has 3 heterocycles. The van der Waals surface area contributed by atoms with Gasteiger partial charge in [0.15, 0.2) is 0 Å². The first-order chi connectivity index (χ1) is 12.6. The normalized spacial score (nSPS) is 33.2. The van der Waals surface area contributed by atoms with E-state index in [1.807, 2.05) is 11.5 Å². The number of fused-ring (bicyclic) bond motifs is 2. The first kappa shape index (κ1) is 16.2. The standard InChI is InChI=1S/C19H24N4O3/c1-10-6-17(25)23(15-3-2-11-7-12(11)15)18-13(10)8-20-19(22-18)21-14-4-5-26-9-16(14)24/h6,8,11-12,14-16,24H,2-5,7,9H2,1H3,(H,20,21,22)/t11-,12+,14+,15-,16+/m0/s1. The second-order valence-electron chi connectivity index (χ2n) is 7.95. The molecule has 0 spiro atoms. The molecule has 0 amide bonds. The van der Waals surface area contributed by atoms with Crippen LogP contribution in [-0.4, -0.2) is 45.0 Å². The van der Waals surface area contributed by atoms with Gasteiger partial charge >= 0.3 is 0 Å². The van der Waals surface area contributed by atoms with Gasteiger partial charge in [-0.25, -0.2) is 4.98 Å². The molecule has 1 saturated heterocycles. The number of aromatic nitrogens is 3. The van der Waals surface area contributed by atoms with Gasteiger partial charge < -0.3 is 15.2 Å². The van der Waals surface area contributed by atoms with Gasteiger partial charge in [0.2, 0.25) is 5.95 Å². The molecule has 0 radical (unpaired) electrons. The van der Waals surface area contributed by atoms with Crippen molar-refractivity contribution in [2.24, 2.45) is 11.8 Å². The molecule has 2 N–H and O–H groups in total. The van der Waals surface area contributed by atoms with Crippen LogP contribution in [0.1, 0.15) is 37.3 Å². The maximum Gasteiger partial charge on any atom is 0.252 e. The lowest BCUT2D eigenvalue weighted by atomic mass is 10.1. The SMILES string of the molecule is Cc1cc(=O)n([C@H]2CC[C@H]3C[C@H]32)c2nc(N[C@@H]3CCOC[C@H]3O)ncc12. The summed E-state index contributed by atoms with van der Waals surface area (Å²) in [4.78, 5) is 21.9. The number of hydrogen-bond acceptors (Lipinski definition) is 6. The highest BCUT2D eigenvalue weighted by Crippen LogP contribution is 2.57. The zero-order valence-corrected chi connectivity index (χ0v) is 14.9. The number of nitrogens with one attached hydrogen (secondary N) is 1. The molecule has 0 unspecified atom stereocenters. The van der Waals surface area contributed by atoms with Crippen molar-refractivity contribution in [3.63, 3.8) is 0 Å². The summed E-state index contributed by atoms with van der Waals surface area (Å²) in [6.07, 6.45) is 5.42. The van der Waals surface area contributed by atoms with E-state index < -0.39 is 6.10 Å². The lowest BCUT2D eigenvalue weighted by molar-refractivity contribution is -0.0136. The van der Waals surface area contributed by atoms with Crippen molar-refractivity contribution in [2.75, 3.05) is 18.5 Å². The highest BCUT2D eigenvalue weighted by atomic mass is 16.5. The second-order valence-corrected chi connectivity index (χ2v) is 7.95. The molecule has 2 aromatic rings. The third kappa shape index (κ3) is 2.61. The molecular weight excluding hydrogens is 332 g/mol. The van der Waals surface area contributed by atoms with Gasteiger partial charge in [-0.1, -0.05) is 0 Å². The molecule has 138 valence electrons. The fraction of sp³-hybridized carbons (Fsp3) is 0.632. The summed E-state index contributed by atoms with van der Waals surface area (Å²) in [5.74, 6) is 1.88. The first-order valence-corrected chi connectivity index (χ1v) is 9.53. The van der Waals surface area contributed by atoms with Crippen molar-refractivity contribution < 1.29 is 9.84 Å². The fourth-order valence-corrected chi connectivity index (χ4v) is 4.71. The Labute approximate surface area is 151 Å². The van der Waals surface area contributed by atoms with Crippen LogP contribution >= 0.6 is 0 Å². The van der Waals surface area contributed by atoms with Gasteiger partial charge in [-0.15, -0.1) is 0 Å². The number of anilines is 1. The van der Waals surface area contributed by atoms with Gasteiger partial charge in [-0.05, 0) is 50.0 Å². The summed E-state index contributed by atoms with van der Waals surface area (Å²) in [6.45, 7) is 2.86. The summed E-state index contributed by atoms with van der Waals surface area (Å²) in [6, 6.07) is 1.83. The molecule has 2 aromatic heterocycles. The van der Waals surface area contributed by atoms with E-state index in [9.17, 15) is 9.90 Å². The fourth-order valence-electron chi connectivity index (χ4n) is 4.71. The molecule has 7 heteroatoms. The van der Waals surface area contributed by atoms with Gasteiger partial charge in [0, 0.05) is 30.3 Å². The Morgan fingerprint density at radius 2 is 2.23 bits per heavy atom. The van der Waals surface area contributed by atoms with E-state index in [0.29, 0.717) is 37.1 Å². The molecule has 2 saturated carbocycles. The molecule has 3 aliphatic rings. The summed E-state index contributed by atoms with van der Waals surface area (Å²) in [5.41, 5.74) is 1.65. The predicted molar refractivity (Wildman–Crippen MR) is 97.3 cm³/mol. The van der Waals surface area contributed by atoms with Crippen LogP contribution in [0.4, 0.5) is 5.95 Å². The van der Waals surface area contributed by atoms with Crippen LogP contribution < -0.4 is 10.9 Å². The predicted octanol–water partition coefficient (Wildman–Crippen LogP) is 1.63. The minimum absolute atomic E-state index is 0.0308. The van der Waals surface area contributed by atoms with Gasteiger partial charge in [-0.2, -0.15) is 4.98 Å². The Morgan fingerprint density at radius 1 is 1.35 bits per heavy atom. The minimum Gasteiger partial charge on any atom is -0.389 e. The summed E-state index contributed by atoms with van der Waals surface area (Å²) >= 11 is 0. The number of rotatable bonds is 3. The second kappa shape index (κ2) is 6.03. The Bertz CT molecular complexity index is 912. The number of pyridine rings is 1. The maximum atomic E-state index is 12.8. The molecule has 7 nitrogen and oxygen atoms in total. The number of aryl methyl sites for hydroxylation is 1. The van der Waals surface area contributed by atoms with Gasteiger partial charge in [0.1, 0.15) is 5.65 Å². The monoisotopic (exact) mass is 356 g/mol. The highest BCUT2D eigenvalue weighted by Gasteiger charge is 2.49. The molecule has 5 rings (SSSR count). The van der Waals surface area contributed by atoms with Crippen molar-refractivity contribution in [3.05, 3.63) is 28.2 Å². The number of aliphatic hydroxyl groups excluding tert-OH is 1. The van der Waals surface area contributed by atoms with Crippen LogP contribution in [0.2, 0.25) is 0 Å². The smallest absolute Gasteiger partial charge is 0.252 e. The molecular formula is C19H24N4O3. The van der Waals surface area contributed by atoms with E-state index in [1.165, 1.54) is 12.8 Å². The first-order valence-electron chi connectivity index (χ1n) is 9.53. The van der Waals surface area contributed by atoms with E-state index >= 15 is 0 Å². The quantitative estimate of drug-likeness (QED) is 0.869. The Balaban J connectivity index is 1.56. The zero-order chi connectivity index (χ0) is 17.8. The van der Waals surface area contributed by atoms with Crippen molar-refractivity contribution in [1.82, 2.24) is 14.5 Å². The van der Waals surface area contributed by atoms with E-state index in [-0.39, 0.29) is 17.6 Å². The van der Waals surface area contributed by atoms with Gasteiger partial charge in [0.25, 0.3) is 5.56 Å². The lowest BCUT2D eigenvalue weighted by Crippen LogP contribution is -2.42. The van der Waals surface area contributed by atoms with Gasteiger partial charge in [-0.3, -0.25) is 9.36 Å². The van der Waals surface area contributed by atoms with Crippen LogP contribution in [0.25, 0.3) is 11.0 Å². The Kier molecular flexibility index (Phi) is 3.76. The molecule has 0 aromatic carbocycles. The van der Waals surface area contributed by atoms with E-state index in [1.54, 1.807) is 12.3 Å². The molecule has 26 heavy (non-hydrogen) atoms. The molecule has 5 atom stereocenters. The summed E-state index contributed by atoms with van der Waals surface area (Å²) in [5, 5.41) is 14.3. The topological polar surface area (TPSA) is 89.3 Å². The van der Waals surface area contributed by atoms with Crippen LogP contribution in [0.3, 0.4) is 0 Å². The highest BCUT2D eigenvalue weighted by molar-refractivity contribution is 5.79. The van der Waals surface area contributed by atoms with E-state index in [2.05, 4.69) is 10.3 Å². The average molecular weight is 356 g/mol. The third-order valence-electron chi connectivity index (χ3n) is 6.28. The lowest BCUT2D eigenvalue weighted by Gasteiger charge is -2.28. The summed E-state index contributed by atoms with van der Waals surface area (Å²) < 4.78 is 7.17. The largest absolute Gasteiger partial charge is 0.389 e. The number of nitrogens with zero attached hydrogens (tertiary/aromatic N) is 3. The number of ether oxygens (including phenoxy) is 1. The molecule has 3 fully saturated rings. The number of aliphatic hydroxyl groups is 1. The number of hydrogen-bond donors (Lipinski definition) is 2. The Hall–Kier alpha value is -1.99. The molecule has 0 bridgehead atoms. The van der Waals surface area contributed by atoms with Crippen LogP contribution in [0.5, 0.6) is 0 Å². The van der Waals surface area contributed by atoms with E-state index in [4.69, 9.17) is 9.72 Å².